The zero-order valence-electron chi connectivity index (χ0n) is 10.1. The molecule has 1 fully saturated rings. The first kappa shape index (κ1) is 14.3. The molecular weight excluding hydrogens is 240 g/mol. The lowest BCUT2D eigenvalue weighted by atomic mass is 10.0. The summed E-state index contributed by atoms with van der Waals surface area (Å²) < 4.78 is 4.69. The number of rotatable bonds is 5. The van der Waals surface area contributed by atoms with Gasteiger partial charge in [0.1, 0.15) is 0 Å². The number of carbonyl (C=O) groups is 2. The number of hydrogen-bond acceptors (Lipinski definition) is 5. The van der Waals surface area contributed by atoms with Crippen molar-refractivity contribution in [3.05, 3.63) is 0 Å². The average Bonchev–Trinajstić information content (AvgIpc) is 2.36. The Morgan fingerprint density at radius 3 is 2.71 bits per heavy atom. The summed E-state index contributed by atoms with van der Waals surface area (Å²) in [6.07, 6.45) is 2.22. The van der Waals surface area contributed by atoms with Crippen molar-refractivity contribution in [3.63, 3.8) is 0 Å². The van der Waals surface area contributed by atoms with Gasteiger partial charge < -0.3 is 15.8 Å². The van der Waals surface area contributed by atoms with Crippen LogP contribution in [0.5, 0.6) is 0 Å². The van der Waals surface area contributed by atoms with E-state index in [-0.39, 0.29) is 6.61 Å². The van der Waals surface area contributed by atoms with Crippen molar-refractivity contribution in [3.8, 4) is 0 Å². The van der Waals surface area contributed by atoms with Crippen molar-refractivity contribution < 1.29 is 14.3 Å². The van der Waals surface area contributed by atoms with E-state index in [1.807, 2.05) is 11.8 Å². The summed E-state index contributed by atoms with van der Waals surface area (Å²) in [6, 6.07) is -1.20. The highest BCUT2D eigenvalue weighted by atomic mass is 32.2. The fourth-order valence-corrected chi connectivity index (χ4v) is 2.85. The lowest BCUT2D eigenvalue weighted by molar-refractivity contribution is -0.148. The highest BCUT2D eigenvalue weighted by Crippen LogP contribution is 2.21. The van der Waals surface area contributed by atoms with Crippen molar-refractivity contribution in [2.45, 2.75) is 25.8 Å². The Morgan fingerprint density at radius 1 is 1.47 bits per heavy atom. The predicted molar refractivity (Wildman–Crippen MR) is 67.7 cm³/mol. The van der Waals surface area contributed by atoms with Gasteiger partial charge in [0, 0.05) is 6.54 Å². The van der Waals surface area contributed by atoms with E-state index in [1.165, 1.54) is 0 Å². The Balaban J connectivity index is 2.25. The molecule has 0 spiro atoms. The van der Waals surface area contributed by atoms with Crippen LogP contribution in [0.1, 0.15) is 19.8 Å². The second kappa shape index (κ2) is 7.55. The number of thioether (sulfide) groups is 1. The van der Waals surface area contributed by atoms with Gasteiger partial charge in [0.25, 0.3) is 0 Å². The molecule has 3 N–H and O–H groups in total. The molecule has 1 heterocycles. The van der Waals surface area contributed by atoms with Crippen LogP contribution < -0.4 is 11.1 Å². The van der Waals surface area contributed by atoms with E-state index in [1.54, 1.807) is 6.92 Å². The number of hydrogen-bond donors (Lipinski definition) is 2. The summed E-state index contributed by atoms with van der Waals surface area (Å²) in [4.78, 5) is 22.8. The van der Waals surface area contributed by atoms with E-state index in [9.17, 15) is 9.59 Å². The molecule has 0 aromatic heterocycles. The minimum atomic E-state index is -1.20. The Labute approximate surface area is 106 Å². The molecule has 1 saturated heterocycles. The minimum absolute atomic E-state index is 0.236. The molecule has 0 radical (unpaired) electrons. The third-order valence-electron chi connectivity index (χ3n) is 2.73. The van der Waals surface area contributed by atoms with E-state index in [0.717, 1.165) is 24.3 Å². The first-order valence-corrected chi connectivity index (χ1v) is 7.08. The summed E-state index contributed by atoms with van der Waals surface area (Å²) in [5.74, 6) is 1.69. The monoisotopic (exact) mass is 260 g/mol. The number of carbonyl (C=O) groups excluding carboxylic acids is 2. The average molecular weight is 260 g/mol. The highest BCUT2D eigenvalue weighted by molar-refractivity contribution is 7.99. The molecule has 98 valence electrons. The molecule has 0 aromatic carbocycles. The van der Waals surface area contributed by atoms with E-state index in [4.69, 9.17) is 5.73 Å². The molecule has 1 aliphatic heterocycles. The summed E-state index contributed by atoms with van der Waals surface area (Å²) in [7, 11) is 0. The van der Waals surface area contributed by atoms with Crippen LogP contribution in [0.3, 0.4) is 0 Å². The summed E-state index contributed by atoms with van der Waals surface area (Å²) in [6.45, 7) is 2.52. The highest BCUT2D eigenvalue weighted by Gasteiger charge is 2.24. The lowest BCUT2D eigenvalue weighted by Crippen LogP contribution is -2.48. The first-order chi connectivity index (χ1) is 8.15. The van der Waals surface area contributed by atoms with E-state index in [0.29, 0.717) is 12.5 Å². The molecule has 1 amide bonds. The topological polar surface area (TPSA) is 81.4 Å². The van der Waals surface area contributed by atoms with Gasteiger partial charge in [0.05, 0.1) is 6.61 Å². The van der Waals surface area contributed by atoms with Gasteiger partial charge in [-0.3, -0.25) is 4.79 Å². The maximum Gasteiger partial charge on any atom is 0.332 e. The maximum atomic E-state index is 11.6. The van der Waals surface area contributed by atoms with Crippen molar-refractivity contribution in [2.75, 3.05) is 24.7 Å². The minimum Gasteiger partial charge on any atom is -0.464 e. The van der Waals surface area contributed by atoms with E-state index < -0.39 is 17.9 Å². The molecule has 0 aliphatic carbocycles. The lowest BCUT2D eigenvalue weighted by Gasteiger charge is -2.22. The summed E-state index contributed by atoms with van der Waals surface area (Å²) in [5.41, 5.74) is 5.47. The van der Waals surface area contributed by atoms with Crippen LogP contribution in [-0.2, 0) is 14.3 Å². The smallest absolute Gasteiger partial charge is 0.332 e. The molecule has 1 rings (SSSR count). The number of ether oxygens (including phenoxy) is 1. The molecule has 0 aromatic rings. The van der Waals surface area contributed by atoms with Gasteiger partial charge in [-0.15, -0.1) is 0 Å². The largest absolute Gasteiger partial charge is 0.464 e. The second-order valence-corrected chi connectivity index (χ2v) is 5.26. The van der Waals surface area contributed by atoms with Crippen LogP contribution in [0.4, 0.5) is 0 Å². The third kappa shape index (κ3) is 4.95. The normalized spacial score (nSPS) is 18.5. The number of nitrogens with two attached hydrogens (primary N) is 1. The van der Waals surface area contributed by atoms with Crippen LogP contribution in [0, 0.1) is 5.92 Å². The SMILES string of the molecule is CCOC(=O)C(N)C(=O)NCC1CCSCC1. The summed E-state index contributed by atoms with van der Waals surface area (Å²) >= 11 is 1.94. The molecule has 0 bridgehead atoms. The Bertz CT molecular complexity index is 267. The Kier molecular flexibility index (Phi) is 6.36. The van der Waals surface area contributed by atoms with Crippen molar-refractivity contribution in [1.82, 2.24) is 5.32 Å². The van der Waals surface area contributed by atoms with Gasteiger partial charge in [-0.05, 0) is 37.2 Å². The van der Waals surface area contributed by atoms with Gasteiger partial charge in [0.2, 0.25) is 5.91 Å². The first-order valence-electron chi connectivity index (χ1n) is 5.92. The van der Waals surface area contributed by atoms with Gasteiger partial charge in [-0.2, -0.15) is 11.8 Å². The molecular formula is C11H20N2O3S. The number of amides is 1. The third-order valence-corrected chi connectivity index (χ3v) is 3.78. The number of nitrogens with one attached hydrogen (secondary N) is 1. The van der Waals surface area contributed by atoms with Gasteiger partial charge >= 0.3 is 5.97 Å². The molecule has 1 aliphatic rings. The van der Waals surface area contributed by atoms with Crippen LogP contribution in [0.15, 0.2) is 0 Å². The quantitative estimate of drug-likeness (QED) is 0.542. The summed E-state index contributed by atoms with van der Waals surface area (Å²) in [5, 5.41) is 2.72. The standard InChI is InChI=1S/C11H20N2O3S/c1-2-16-11(15)9(12)10(14)13-7-8-3-5-17-6-4-8/h8-9H,2-7,12H2,1H3,(H,13,14). The Morgan fingerprint density at radius 2 is 2.12 bits per heavy atom. The molecule has 5 nitrogen and oxygen atoms in total. The second-order valence-electron chi connectivity index (χ2n) is 4.03. The van der Waals surface area contributed by atoms with Crippen LogP contribution >= 0.6 is 11.8 Å². The molecule has 0 saturated carbocycles. The fraction of sp³-hybridized carbons (Fsp3) is 0.818. The van der Waals surface area contributed by atoms with Crippen molar-refractivity contribution in [1.29, 1.82) is 0 Å². The molecule has 1 atom stereocenters. The van der Waals surface area contributed by atoms with Crippen LogP contribution in [0.2, 0.25) is 0 Å². The van der Waals surface area contributed by atoms with Gasteiger partial charge in [0.15, 0.2) is 6.04 Å². The zero-order valence-corrected chi connectivity index (χ0v) is 10.9. The molecule has 6 heteroatoms. The van der Waals surface area contributed by atoms with Gasteiger partial charge in [-0.25, -0.2) is 4.79 Å². The molecule has 1 unspecified atom stereocenters. The van der Waals surface area contributed by atoms with E-state index in [2.05, 4.69) is 10.1 Å². The zero-order chi connectivity index (χ0) is 12.7. The number of esters is 1. The van der Waals surface area contributed by atoms with Crippen molar-refractivity contribution in [2.24, 2.45) is 11.7 Å². The molecule has 17 heavy (non-hydrogen) atoms. The predicted octanol–water partition coefficient (Wildman–Crippen LogP) is 0.136. The van der Waals surface area contributed by atoms with Crippen LogP contribution in [-0.4, -0.2) is 42.6 Å². The van der Waals surface area contributed by atoms with E-state index >= 15 is 0 Å². The fourth-order valence-electron chi connectivity index (χ4n) is 1.64. The van der Waals surface area contributed by atoms with Crippen molar-refractivity contribution >= 4 is 23.6 Å². The van der Waals surface area contributed by atoms with Gasteiger partial charge in [-0.1, -0.05) is 0 Å². The Hall–Kier alpha value is -0.750. The maximum absolute atomic E-state index is 11.6. The van der Waals surface area contributed by atoms with Crippen LogP contribution in [0.25, 0.3) is 0 Å².